The van der Waals surface area contributed by atoms with Crippen LogP contribution in [0.15, 0.2) is 89.1 Å². The summed E-state index contributed by atoms with van der Waals surface area (Å²) in [6.45, 7) is 0. The SMILES string of the molecule is O=C(CSc1cccc(NC(=S)Nc2ccccc2)c1)Nc1nc(-c2ccccc2Cl)cs1. The van der Waals surface area contributed by atoms with Crippen LogP contribution in [0.5, 0.6) is 0 Å². The third-order valence-corrected chi connectivity index (χ3v) is 6.68. The van der Waals surface area contributed by atoms with Gasteiger partial charge in [-0.15, -0.1) is 23.1 Å². The van der Waals surface area contributed by atoms with Gasteiger partial charge in [0, 0.05) is 32.2 Å². The van der Waals surface area contributed by atoms with Crippen LogP contribution in [0.1, 0.15) is 0 Å². The lowest BCUT2D eigenvalue weighted by Gasteiger charge is -2.11. The number of amides is 1. The molecule has 0 aliphatic carbocycles. The van der Waals surface area contributed by atoms with E-state index in [2.05, 4.69) is 20.9 Å². The second-order valence-corrected chi connectivity index (χ2v) is 9.55. The van der Waals surface area contributed by atoms with Gasteiger partial charge in [0.05, 0.1) is 11.4 Å². The summed E-state index contributed by atoms with van der Waals surface area (Å²) in [4.78, 5) is 17.9. The number of nitrogens with one attached hydrogen (secondary N) is 3. The molecule has 4 rings (SSSR count). The Morgan fingerprint density at radius 3 is 2.48 bits per heavy atom. The standard InChI is InChI=1S/C24H19ClN4OS3/c25-20-12-5-4-11-19(20)21-14-33-24(28-21)29-22(30)15-32-18-10-6-9-17(13-18)27-23(31)26-16-7-2-1-3-8-16/h1-14H,15H2,(H2,26,27,31)(H,28,29,30). The molecule has 1 heterocycles. The molecule has 9 heteroatoms. The fraction of sp³-hybridized carbons (Fsp3) is 0.0417. The summed E-state index contributed by atoms with van der Waals surface area (Å²) in [5.74, 6) is 0.136. The third-order valence-electron chi connectivity index (χ3n) is 4.39. The summed E-state index contributed by atoms with van der Waals surface area (Å²) in [5, 5.41) is 12.7. The first-order valence-corrected chi connectivity index (χ1v) is 12.6. The molecule has 33 heavy (non-hydrogen) atoms. The summed E-state index contributed by atoms with van der Waals surface area (Å²) in [6.07, 6.45) is 0. The van der Waals surface area contributed by atoms with Gasteiger partial charge in [-0.1, -0.05) is 54.1 Å². The number of anilines is 3. The monoisotopic (exact) mass is 510 g/mol. The average Bonchev–Trinajstić information content (AvgIpc) is 3.27. The minimum atomic E-state index is -0.125. The zero-order chi connectivity index (χ0) is 23.0. The van der Waals surface area contributed by atoms with Gasteiger partial charge in [0.25, 0.3) is 0 Å². The number of carbonyl (C=O) groups is 1. The van der Waals surface area contributed by atoms with Gasteiger partial charge in [-0.3, -0.25) is 4.79 Å². The quantitative estimate of drug-likeness (QED) is 0.184. The van der Waals surface area contributed by atoms with E-state index in [0.717, 1.165) is 27.5 Å². The first-order valence-electron chi connectivity index (χ1n) is 9.93. The van der Waals surface area contributed by atoms with E-state index in [1.165, 1.54) is 23.1 Å². The number of hydrogen-bond acceptors (Lipinski definition) is 5. The molecule has 1 aromatic heterocycles. The van der Waals surface area contributed by atoms with Gasteiger partial charge in [0.2, 0.25) is 5.91 Å². The van der Waals surface area contributed by atoms with E-state index in [4.69, 9.17) is 23.8 Å². The fourth-order valence-corrected chi connectivity index (χ4v) is 4.86. The number of para-hydroxylation sites is 1. The molecule has 0 fully saturated rings. The van der Waals surface area contributed by atoms with Gasteiger partial charge in [-0.05, 0) is 48.6 Å². The maximum Gasteiger partial charge on any atom is 0.236 e. The van der Waals surface area contributed by atoms with Crippen molar-refractivity contribution in [3.05, 3.63) is 89.3 Å². The first kappa shape index (κ1) is 23.3. The third kappa shape index (κ3) is 6.79. The van der Waals surface area contributed by atoms with Gasteiger partial charge >= 0.3 is 0 Å². The normalized spacial score (nSPS) is 10.5. The van der Waals surface area contributed by atoms with Crippen molar-refractivity contribution >= 4 is 74.4 Å². The van der Waals surface area contributed by atoms with Crippen LogP contribution in [0.2, 0.25) is 5.02 Å². The van der Waals surface area contributed by atoms with E-state index in [1.54, 1.807) is 0 Å². The summed E-state index contributed by atoms with van der Waals surface area (Å²) in [7, 11) is 0. The molecule has 0 unspecified atom stereocenters. The van der Waals surface area contributed by atoms with Gasteiger partial charge in [-0.2, -0.15) is 0 Å². The van der Waals surface area contributed by atoms with Crippen LogP contribution in [0.4, 0.5) is 16.5 Å². The predicted octanol–water partition coefficient (Wildman–Crippen LogP) is 7.00. The van der Waals surface area contributed by atoms with Gasteiger partial charge in [0.15, 0.2) is 10.2 Å². The van der Waals surface area contributed by atoms with E-state index >= 15 is 0 Å². The summed E-state index contributed by atoms with van der Waals surface area (Å²) < 4.78 is 0. The number of aromatic nitrogens is 1. The van der Waals surface area contributed by atoms with Gasteiger partial charge in [0.1, 0.15) is 0 Å². The number of carbonyl (C=O) groups excluding carboxylic acids is 1. The van der Waals surface area contributed by atoms with Crippen LogP contribution < -0.4 is 16.0 Å². The Morgan fingerprint density at radius 1 is 0.939 bits per heavy atom. The van der Waals surface area contributed by atoms with E-state index in [9.17, 15) is 4.79 Å². The molecule has 0 radical (unpaired) electrons. The Balaban J connectivity index is 1.29. The fourth-order valence-electron chi connectivity index (χ4n) is 2.91. The molecule has 0 aliphatic rings. The summed E-state index contributed by atoms with van der Waals surface area (Å²) in [5.41, 5.74) is 3.34. The predicted molar refractivity (Wildman–Crippen MR) is 145 cm³/mol. The Morgan fingerprint density at radius 2 is 1.67 bits per heavy atom. The number of thiazole rings is 1. The molecule has 0 spiro atoms. The van der Waals surface area contributed by atoms with Crippen LogP contribution in [0.25, 0.3) is 11.3 Å². The molecule has 0 saturated heterocycles. The zero-order valence-corrected chi connectivity index (χ0v) is 20.5. The number of hydrogen-bond donors (Lipinski definition) is 3. The maximum absolute atomic E-state index is 12.4. The van der Waals surface area contributed by atoms with E-state index in [1.807, 2.05) is 84.2 Å². The van der Waals surface area contributed by atoms with Gasteiger partial charge < -0.3 is 16.0 Å². The highest BCUT2D eigenvalue weighted by molar-refractivity contribution is 8.00. The van der Waals surface area contributed by atoms with E-state index in [0.29, 0.717) is 15.3 Å². The van der Waals surface area contributed by atoms with Crippen LogP contribution in [0, 0.1) is 0 Å². The number of nitrogens with zero attached hydrogens (tertiary/aromatic N) is 1. The van der Waals surface area contributed by atoms with Crippen LogP contribution in [-0.4, -0.2) is 21.8 Å². The average molecular weight is 511 g/mol. The Bertz CT molecular complexity index is 1260. The second-order valence-electron chi connectivity index (χ2n) is 6.83. The Kier molecular flexibility index (Phi) is 7.96. The minimum Gasteiger partial charge on any atom is -0.332 e. The molecule has 3 N–H and O–H groups in total. The molecule has 1 amide bonds. The van der Waals surface area contributed by atoms with Crippen molar-refractivity contribution in [3.8, 4) is 11.3 Å². The molecule has 0 saturated carbocycles. The largest absolute Gasteiger partial charge is 0.332 e. The van der Waals surface area contributed by atoms with Crippen LogP contribution in [-0.2, 0) is 4.79 Å². The smallest absolute Gasteiger partial charge is 0.236 e. The number of thioether (sulfide) groups is 1. The number of rotatable bonds is 7. The highest BCUT2D eigenvalue weighted by Crippen LogP contribution is 2.30. The summed E-state index contributed by atoms with van der Waals surface area (Å²) >= 11 is 14.4. The molecule has 3 aromatic carbocycles. The van der Waals surface area contributed by atoms with Crippen molar-refractivity contribution in [2.24, 2.45) is 0 Å². The van der Waals surface area contributed by atoms with Crippen molar-refractivity contribution in [3.63, 3.8) is 0 Å². The van der Waals surface area contributed by atoms with Crippen LogP contribution >= 0.6 is 46.9 Å². The second kappa shape index (κ2) is 11.3. The van der Waals surface area contributed by atoms with E-state index in [-0.39, 0.29) is 11.7 Å². The lowest BCUT2D eigenvalue weighted by Crippen LogP contribution is -2.19. The minimum absolute atomic E-state index is 0.125. The highest BCUT2D eigenvalue weighted by atomic mass is 35.5. The molecular weight excluding hydrogens is 492 g/mol. The highest BCUT2D eigenvalue weighted by Gasteiger charge is 2.11. The van der Waals surface area contributed by atoms with Crippen molar-refractivity contribution in [2.75, 3.05) is 21.7 Å². The summed E-state index contributed by atoms with van der Waals surface area (Å²) in [6, 6.07) is 25.0. The van der Waals surface area contributed by atoms with Crippen LogP contribution in [0.3, 0.4) is 0 Å². The zero-order valence-electron chi connectivity index (χ0n) is 17.2. The lowest BCUT2D eigenvalue weighted by molar-refractivity contribution is -0.113. The molecular formula is C24H19ClN4OS3. The lowest BCUT2D eigenvalue weighted by atomic mass is 10.2. The van der Waals surface area contributed by atoms with Crippen molar-refractivity contribution in [1.29, 1.82) is 0 Å². The molecule has 0 aliphatic heterocycles. The van der Waals surface area contributed by atoms with E-state index < -0.39 is 0 Å². The first-order chi connectivity index (χ1) is 16.1. The number of thiocarbonyl (C=S) groups is 1. The molecule has 166 valence electrons. The Labute approximate surface area is 210 Å². The van der Waals surface area contributed by atoms with Crippen molar-refractivity contribution in [1.82, 2.24) is 4.98 Å². The molecule has 5 nitrogen and oxygen atoms in total. The van der Waals surface area contributed by atoms with Crippen molar-refractivity contribution in [2.45, 2.75) is 4.90 Å². The molecule has 4 aromatic rings. The molecule has 0 atom stereocenters. The Hall–Kier alpha value is -2.91. The number of benzene rings is 3. The maximum atomic E-state index is 12.4. The van der Waals surface area contributed by atoms with Crippen molar-refractivity contribution < 1.29 is 4.79 Å². The molecule has 0 bridgehead atoms. The number of halogens is 1. The van der Waals surface area contributed by atoms with Gasteiger partial charge in [-0.25, -0.2) is 4.98 Å². The topological polar surface area (TPSA) is 66.1 Å².